The minimum Gasteiger partial charge on any atom is -0.321 e. The minimum atomic E-state index is -3.24. The van der Waals surface area contributed by atoms with Gasteiger partial charge in [0.15, 0.2) is 9.84 Å². The van der Waals surface area contributed by atoms with Gasteiger partial charge in [-0.25, -0.2) is 13.4 Å². The topological polar surface area (TPSA) is 76.1 Å². The Hall–Kier alpha value is -2.03. The molecule has 0 fully saturated rings. The number of hydrogen-bond acceptors (Lipinski definition) is 6. The molecule has 0 aliphatic rings. The van der Waals surface area contributed by atoms with Crippen molar-refractivity contribution in [1.29, 1.82) is 0 Å². The van der Waals surface area contributed by atoms with Crippen molar-refractivity contribution in [2.75, 3.05) is 11.6 Å². The fourth-order valence-electron chi connectivity index (χ4n) is 1.88. The molecule has 0 saturated carbocycles. The Labute approximate surface area is 141 Å². The van der Waals surface area contributed by atoms with Crippen LogP contribution in [0.25, 0.3) is 10.6 Å². The van der Waals surface area contributed by atoms with Gasteiger partial charge >= 0.3 is 0 Å². The lowest BCUT2D eigenvalue weighted by Gasteiger charge is -2.04. The normalized spacial score (nSPS) is 11.3. The van der Waals surface area contributed by atoms with Crippen molar-refractivity contribution in [3.8, 4) is 10.6 Å². The van der Waals surface area contributed by atoms with Gasteiger partial charge < -0.3 is 5.32 Å². The number of carbonyl (C=O) groups excluding carboxylic acids is 1. The molecule has 1 amide bonds. The van der Waals surface area contributed by atoms with Crippen LogP contribution in [-0.2, 0) is 9.84 Å². The highest BCUT2D eigenvalue weighted by molar-refractivity contribution is 7.90. The van der Waals surface area contributed by atoms with Gasteiger partial charge in [0, 0.05) is 28.3 Å². The molecule has 3 rings (SSSR count). The van der Waals surface area contributed by atoms with Crippen LogP contribution in [0.3, 0.4) is 0 Å². The summed E-state index contributed by atoms with van der Waals surface area (Å²) in [6, 6.07) is 7.99. The van der Waals surface area contributed by atoms with Crippen LogP contribution < -0.4 is 5.32 Å². The SMILES string of the molecule is CS(=O)(=O)c1ccc(NC(=O)c2csc(-c3ccsc3)n2)cc1. The third-order valence-corrected chi connectivity index (χ3v) is 5.75. The predicted octanol–water partition coefficient (Wildman–Crippen LogP) is 3.53. The first kappa shape index (κ1) is 15.9. The maximum atomic E-state index is 12.2. The zero-order chi connectivity index (χ0) is 16.4. The van der Waals surface area contributed by atoms with E-state index in [0.717, 1.165) is 16.8 Å². The molecule has 1 aromatic carbocycles. The molecule has 0 atom stereocenters. The monoisotopic (exact) mass is 364 g/mol. The number of aromatic nitrogens is 1. The van der Waals surface area contributed by atoms with Crippen LogP contribution in [0.2, 0.25) is 0 Å². The summed E-state index contributed by atoms with van der Waals surface area (Å²) in [7, 11) is -3.24. The van der Waals surface area contributed by atoms with E-state index in [1.165, 1.54) is 23.5 Å². The van der Waals surface area contributed by atoms with Crippen LogP contribution in [0.4, 0.5) is 5.69 Å². The van der Waals surface area contributed by atoms with E-state index in [4.69, 9.17) is 0 Å². The molecule has 0 radical (unpaired) electrons. The highest BCUT2D eigenvalue weighted by atomic mass is 32.2. The molecule has 1 N–H and O–H groups in total. The first-order chi connectivity index (χ1) is 10.9. The van der Waals surface area contributed by atoms with Gasteiger partial charge in [-0.2, -0.15) is 11.3 Å². The summed E-state index contributed by atoms with van der Waals surface area (Å²) in [6.45, 7) is 0. The molecule has 0 spiro atoms. The van der Waals surface area contributed by atoms with E-state index < -0.39 is 9.84 Å². The molecule has 2 heterocycles. The average Bonchev–Trinajstić information content (AvgIpc) is 3.18. The zero-order valence-corrected chi connectivity index (χ0v) is 14.5. The Kier molecular flexibility index (Phi) is 4.29. The highest BCUT2D eigenvalue weighted by Gasteiger charge is 2.13. The number of carbonyl (C=O) groups is 1. The number of rotatable bonds is 4. The first-order valence-corrected chi connectivity index (χ1v) is 10.2. The van der Waals surface area contributed by atoms with E-state index >= 15 is 0 Å². The lowest BCUT2D eigenvalue weighted by molar-refractivity contribution is 0.102. The second-order valence-corrected chi connectivity index (χ2v) is 8.45. The Bertz CT molecular complexity index is 927. The number of benzene rings is 1. The van der Waals surface area contributed by atoms with Gasteiger partial charge in [0.25, 0.3) is 5.91 Å². The van der Waals surface area contributed by atoms with Crippen LogP contribution >= 0.6 is 22.7 Å². The molecular formula is C15H12N2O3S3. The molecule has 5 nitrogen and oxygen atoms in total. The lowest BCUT2D eigenvalue weighted by Crippen LogP contribution is -2.12. The van der Waals surface area contributed by atoms with E-state index in [-0.39, 0.29) is 10.8 Å². The number of amides is 1. The van der Waals surface area contributed by atoms with Crippen molar-refractivity contribution >= 4 is 44.1 Å². The summed E-state index contributed by atoms with van der Waals surface area (Å²) in [6.07, 6.45) is 1.14. The predicted molar refractivity (Wildman–Crippen MR) is 92.9 cm³/mol. The second kappa shape index (κ2) is 6.23. The average molecular weight is 364 g/mol. The van der Waals surface area contributed by atoms with Gasteiger partial charge in [-0.05, 0) is 35.7 Å². The van der Waals surface area contributed by atoms with Crippen LogP contribution in [0.15, 0.2) is 51.4 Å². The van der Waals surface area contributed by atoms with Crippen molar-refractivity contribution < 1.29 is 13.2 Å². The molecule has 23 heavy (non-hydrogen) atoms. The van der Waals surface area contributed by atoms with Gasteiger partial charge in [-0.1, -0.05) is 0 Å². The fraction of sp³-hybridized carbons (Fsp3) is 0.0667. The summed E-state index contributed by atoms with van der Waals surface area (Å²) >= 11 is 2.98. The van der Waals surface area contributed by atoms with Gasteiger partial charge in [0.1, 0.15) is 10.7 Å². The number of sulfone groups is 1. The smallest absolute Gasteiger partial charge is 0.275 e. The second-order valence-electron chi connectivity index (χ2n) is 4.80. The van der Waals surface area contributed by atoms with E-state index in [0.29, 0.717) is 11.4 Å². The Morgan fingerprint density at radius 3 is 2.48 bits per heavy atom. The van der Waals surface area contributed by atoms with Crippen LogP contribution in [0, 0.1) is 0 Å². The summed E-state index contributed by atoms with van der Waals surface area (Å²) in [5.41, 5.74) is 1.85. The number of nitrogens with one attached hydrogen (secondary N) is 1. The molecule has 2 aromatic heterocycles. The molecule has 0 unspecified atom stereocenters. The van der Waals surface area contributed by atoms with E-state index in [1.54, 1.807) is 28.8 Å². The largest absolute Gasteiger partial charge is 0.321 e. The Morgan fingerprint density at radius 2 is 1.87 bits per heavy atom. The molecule has 0 aliphatic heterocycles. The third-order valence-electron chi connectivity index (χ3n) is 3.05. The molecule has 0 saturated heterocycles. The number of thiazole rings is 1. The molecule has 3 aromatic rings. The van der Waals surface area contributed by atoms with Gasteiger partial charge in [0.2, 0.25) is 0 Å². The van der Waals surface area contributed by atoms with Gasteiger partial charge in [-0.3, -0.25) is 4.79 Å². The quantitative estimate of drug-likeness (QED) is 0.768. The lowest BCUT2D eigenvalue weighted by atomic mass is 10.3. The standard InChI is InChI=1S/C15H12N2O3S3/c1-23(19,20)12-4-2-11(3-5-12)16-14(18)13-9-22-15(17-13)10-6-7-21-8-10/h2-9H,1H3,(H,16,18). The number of anilines is 1. The molecule has 8 heteroatoms. The fourth-order valence-corrected chi connectivity index (χ4v) is 4.02. The maximum Gasteiger partial charge on any atom is 0.275 e. The maximum absolute atomic E-state index is 12.2. The van der Waals surface area contributed by atoms with E-state index in [2.05, 4.69) is 10.3 Å². The van der Waals surface area contributed by atoms with Crippen molar-refractivity contribution in [3.05, 3.63) is 52.2 Å². The van der Waals surface area contributed by atoms with Gasteiger partial charge in [-0.15, -0.1) is 11.3 Å². The van der Waals surface area contributed by atoms with Crippen LogP contribution in [0.5, 0.6) is 0 Å². The third kappa shape index (κ3) is 3.66. The van der Waals surface area contributed by atoms with E-state index in [9.17, 15) is 13.2 Å². The number of nitrogens with zero attached hydrogens (tertiary/aromatic N) is 1. The first-order valence-electron chi connectivity index (χ1n) is 6.53. The summed E-state index contributed by atoms with van der Waals surface area (Å²) < 4.78 is 22.8. The van der Waals surface area contributed by atoms with E-state index in [1.807, 2.05) is 16.8 Å². The van der Waals surface area contributed by atoms with Crippen molar-refractivity contribution in [2.24, 2.45) is 0 Å². The Morgan fingerprint density at radius 1 is 1.13 bits per heavy atom. The zero-order valence-electron chi connectivity index (χ0n) is 12.0. The molecule has 118 valence electrons. The summed E-state index contributed by atoms with van der Waals surface area (Å²) in [4.78, 5) is 16.7. The minimum absolute atomic E-state index is 0.212. The van der Waals surface area contributed by atoms with Gasteiger partial charge in [0.05, 0.1) is 4.90 Å². The van der Waals surface area contributed by atoms with Crippen molar-refractivity contribution in [3.63, 3.8) is 0 Å². The Balaban J connectivity index is 1.74. The highest BCUT2D eigenvalue weighted by Crippen LogP contribution is 2.26. The van der Waals surface area contributed by atoms with Crippen molar-refractivity contribution in [1.82, 2.24) is 4.98 Å². The summed E-state index contributed by atoms with van der Waals surface area (Å²) in [5.74, 6) is -0.324. The molecular weight excluding hydrogens is 352 g/mol. The van der Waals surface area contributed by atoms with Crippen LogP contribution in [0.1, 0.15) is 10.5 Å². The number of thiophene rings is 1. The van der Waals surface area contributed by atoms with Crippen LogP contribution in [-0.4, -0.2) is 25.6 Å². The summed E-state index contributed by atoms with van der Waals surface area (Å²) in [5, 5.41) is 9.14. The number of hydrogen-bond donors (Lipinski definition) is 1. The molecule has 0 aliphatic carbocycles. The van der Waals surface area contributed by atoms with Crippen molar-refractivity contribution in [2.45, 2.75) is 4.90 Å². The molecule has 0 bridgehead atoms.